The molecule has 1 aromatic carbocycles. The predicted molar refractivity (Wildman–Crippen MR) is 69.9 cm³/mol. The molecular weight excluding hydrogens is 236 g/mol. The van der Waals surface area contributed by atoms with Crippen LogP contribution in [0.25, 0.3) is 0 Å². The molecule has 1 atom stereocenters. The van der Waals surface area contributed by atoms with Crippen LogP contribution in [-0.2, 0) is 4.79 Å². The summed E-state index contributed by atoms with van der Waals surface area (Å²) in [5.74, 6) is 0.736. The molecule has 1 aromatic rings. The van der Waals surface area contributed by atoms with Crippen molar-refractivity contribution in [2.45, 2.75) is 19.1 Å². The molecule has 1 N–H and O–H groups in total. The van der Waals surface area contributed by atoms with Crippen molar-refractivity contribution in [3.63, 3.8) is 0 Å². The molecule has 0 aliphatic carbocycles. The second kappa shape index (κ2) is 5.23. The molecule has 0 spiro atoms. The Balaban J connectivity index is 2.23. The quantitative estimate of drug-likeness (QED) is 0.895. The Morgan fingerprint density at radius 2 is 2.24 bits per heavy atom. The number of para-hydroxylation sites is 2. The Kier molecular flexibility index (Phi) is 3.68. The predicted octanol–water partition coefficient (Wildman–Crippen LogP) is 2.32. The summed E-state index contributed by atoms with van der Waals surface area (Å²) in [5.41, 5.74) is 0.742. The van der Waals surface area contributed by atoms with Crippen LogP contribution in [-0.4, -0.2) is 22.9 Å². The Bertz CT molecular complexity index is 460. The summed E-state index contributed by atoms with van der Waals surface area (Å²) < 4.78 is 5.47. The van der Waals surface area contributed by atoms with E-state index >= 15 is 0 Å². The van der Waals surface area contributed by atoms with Crippen molar-refractivity contribution in [3.05, 3.63) is 24.3 Å². The Morgan fingerprint density at radius 3 is 2.88 bits per heavy atom. The monoisotopic (exact) mass is 250 g/mol. The maximum absolute atomic E-state index is 11.3. The third-order valence-corrected chi connectivity index (χ3v) is 3.26. The molecule has 1 fully saturated rings. The highest BCUT2D eigenvalue weighted by atomic mass is 32.2. The van der Waals surface area contributed by atoms with Gasteiger partial charge in [-0.3, -0.25) is 4.79 Å². The van der Waals surface area contributed by atoms with Crippen LogP contribution in [0.15, 0.2) is 29.3 Å². The second-order valence-electron chi connectivity index (χ2n) is 3.57. The highest BCUT2D eigenvalue weighted by Crippen LogP contribution is 2.29. The van der Waals surface area contributed by atoms with E-state index in [4.69, 9.17) is 4.74 Å². The lowest BCUT2D eigenvalue weighted by Crippen LogP contribution is -2.23. The van der Waals surface area contributed by atoms with Crippen LogP contribution in [0.5, 0.6) is 5.75 Å². The number of aliphatic imine (C=N–C) groups is 1. The molecule has 0 aromatic heterocycles. The number of hydrogen-bond acceptors (Lipinski definition) is 4. The standard InChI is InChI=1S/C12H14N2O2S/c1-3-16-10-7-5-4-6-9(10)13-12-14-11(15)8(2)17-12/h4-8H,3H2,1-2H3,(H,13,14,15). The number of hydrogen-bond donors (Lipinski definition) is 1. The van der Waals surface area contributed by atoms with Gasteiger partial charge >= 0.3 is 0 Å². The van der Waals surface area contributed by atoms with Crippen LogP contribution < -0.4 is 10.1 Å². The molecule has 0 saturated carbocycles. The number of thioether (sulfide) groups is 1. The lowest BCUT2D eigenvalue weighted by atomic mass is 10.3. The first-order valence-corrected chi connectivity index (χ1v) is 6.36. The van der Waals surface area contributed by atoms with Crippen molar-refractivity contribution in [1.29, 1.82) is 0 Å². The fourth-order valence-corrected chi connectivity index (χ4v) is 2.26. The van der Waals surface area contributed by atoms with Gasteiger partial charge in [0, 0.05) is 0 Å². The second-order valence-corrected chi connectivity index (χ2v) is 4.90. The highest BCUT2D eigenvalue weighted by molar-refractivity contribution is 8.15. The summed E-state index contributed by atoms with van der Waals surface area (Å²) in [7, 11) is 0. The van der Waals surface area contributed by atoms with Gasteiger partial charge in [0.05, 0.1) is 11.9 Å². The van der Waals surface area contributed by atoms with Gasteiger partial charge in [0.15, 0.2) is 5.17 Å². The van der Waals surface area contributed by atoms with Gasteiger partial charge in [0.2, 0.25) is 5.91 Å². The Hall–Kier alpha value is -1.49. The number of nitrogens with one attached hydrogen (secondary N) is 1. The number of carbonyl (C=O) groups excluding carboxylic acids is 1. The van der Waals surface area contributed by atoms with Gasteiger partial charge in [-0.05, 0) is 26.0 Å². The summed E-state index contributed by atoms with van der Waals surface area (Å²) in [5, 5.41) is 3.30. The van der Waals surface area contributed by atoms with Gasteiger partial charge in [-0.1, -0.05) is 23.9 Å². The zero-order valence-electron chi connectivity index (χ0n) is 9.77. The summed E-state index contributed by atoms with van der Waals surface area (Å²) >= 11 is 1.43. The SMILES string of the molecule is CCOc1ccccc1N=C1NC(=O)C(C)S1. The molecule has 1 saturated heterocycles. The van der Waals surface area contributed by atoms with Crippen LogP contribution in [0.2, 0.25) is 0 Å². The minimum atomic E-state index is -0.0759. The van der Waals surface area contributed by atoms with Crippen LogP contribution in [0.1, 0.15) is 13.8 Å². The molecule has 4 nitrogen and oxygen atoms in total. The third-order valence-electron chi connectivity index (χ3n) is 2.27. The Morgan fingerprint density at radius 1 is 1.47 bits per heavy atom. The number of amides is 1. The van der Waals surface area contributed by atoms with Crippen LogP contribution >= 0.6 is 11.8 Å². The molecule has 1 heterocycles. The molecule has 1 aliphatic heterocycles. The van der Waals surface area contributed by atoms with Crippen molar-refractivity contribution in [2.24, 2.45) is 4.99 Å². The lowest BCUT2D eigenvalue weighted by Gasteiger charge is -2.06. The van der Waals surface area contributed by atoms with Gasteiger partial charge in [-0.25, -0.2) is 4.99 Å². The van der Waals surface area contributed by atoms with Gasteiger partial charge in [0.25, 0.3) is 0 Å². The number of nitrogens with zero attached hydrogens (tertiary/aromatic N) is 1. The van der Waals surface area contributed by atoms with E-state index in [-0.39, 0.29) is 11.2 Å². The zero-order valence-corrected chi connectivity index (χ0v) is 10.6. The fourth-order valence-electron chi connectivity index (χ4n) is 1.45. The maximum Gasteiger partial charge on any atom is 0.239 e. The average Bonchev–Trinajstić information content (AvgIpc) is 2.61. The van der Waals surface area contributed by atoms with E-state index < -0.39 is 0 Å². The first-order valence-electron chi connectivity index (χ1n) is 5.48. The normalized spacial score (nSPS) is 21.6. The van der Waals surface area contributed by atoms with Crippen molar-refractivity contribution >= 4 is 28.5 Å². The first-order chi connectivity index (χ1) is 8.20. The van der Waals surface area contributed by atoms with Crippen molar-refractivity contribution in [2.75, 3.05) is 6.61 Å². The molecule has 1 amide bonds. The molecule has 2 rings (SSSR count). The molecule has 90 valence electrons. The number of rotatable bonds is 3. The van der Waals surface area contributed by atoms with Crippen LogP contribution in [0, 0.1) is 0 Å². The minimum Gasteiger partial charge on any atom is -0.492 e. The first kappa shape index (κ1) is 12.0. The van der Waals surface area contributed by atoms with Crippen LogP contribution in [0.4, 0.5) is 5.69 Å². The lowest BCUT2D eigenvalue weighted by molar-refractivity contribution is -0.118. The largest absolute Gasteiger partial charge is 0.492 e. The van der Waals surface area contributed by atoms with E-state index in [1.54, 1.807) is 0 Å². The van der Waals surface area contributed by atoms with Gasteiger partial charge < -0.3 is 10.1 Å². The van der Waals surface area contributed by atoms with Crippen molar-refractivity contribution in [1.82, 2.24) is 5.32 Å². The summed E-state index contributed by atoms with van der Waals surface area (Å²) in [6, 6.07) is 7.53. The number of carbonyl (C=O) groups is 1. The zero-order chi connectivity index (χ0) is 12.3. The molecule has 1 aliphatic rings. The maximum atomic E-state index is 11.3. The molecular formula is C12H14N2O2S. The van der Waals surface area contributed by atoms with E-state index in [0.29, 0.717) is 11.8 Å². The van der Waals surface area contributed by atoms with Crippen molar-refractivity contribution in [3.8, 4) is 5.75 Å². The molecule has 0 radical (unpaired) electrons. The molecule has 17 heavy (non-hydrogen) atoms. The fraction of sp³-hybridized carbons (Fsp3) is 0.333. The van der Waals surface area contributed by atoms with E-state index in [9.17, 15) is 4.79 Å². The summed E-state index contributed by atoms with van der Waals surface area (Å²) in [6.07, 6.45) is 0. The number of benzene rings is 1. The smallest absolute Gasteiger partial charge is 0.239 e. The molecule has 1 unspecified atom stereocenters. The topological polar surface area (TPSA) is 50.7 Å². The van der Waals surface area contributed by atoms with E-state index in [0.717, 1.165) is 11.4 Å². The summed E-state index contributed by atoms with van der Waals surface area (Å²) in [4.78, 5) is 15.7. The van der Waals surface area contributed by atoms with E-state index in [1.807, 2.05) is 38.1 Å². The molecule has 0 bridgehead atoms. The van der Waals surface area contributed by atoms with Crippen molar-refractivity contribution < 1.29 is 9.53 Å². The third kappa shape index (κ3) is 2.79. The average molecular weight is 250 g/mol. The van der Waals surface area contributed by atoms with E-state index in [2.05, 4.69) is 10.3 Å². The molecule has 5 heteroatoms. The van der Waals surface area contributed by atoms with Crippen LogP contribution in [0.3, 0.4) is 0 Å². The number of ether oxygens (including phenoxy) is 1. The number of amidine groups is 1. The van der Waals surface area contributed by atoms with Gasteiger partial charge in [-0.2, -0.15) is 0 Å². The van der Waals surface area contributed by atoms with E-state index in [1.165, 1.54) is 11.8 Å². The minimum absolute atomic E-state index is 0.00245. The summed E-state index contributed by atoms with van der Waals surface area (Å²) in [6.45, 7) is 4.38. The van der Waals surface area contributed by atoms with Gasteiger partial charge in [-0.15, -0.1) is 0 Å². The Labute approximate surface area is 104 Å². The highest BCUT2D eigenvalue weighted by Gasteiger charge is 2.25. The van der Waals surface area contributed by atoms with Gasteiger partial charge in [0.1, 0.15) is 11.4 Å².